The van der Waals surface area contributed by atoms with Crippen LogP contribution in [0.3, 0.4) is 0 Å². The van der Waals surface area contributed by atoms with Gasteiger partial charge in [0.05, 0.1) is 12.2 Å². The number of nitrogens with one attached hydrogen (secondary N) is 1. The molecule has 152 valence electrons. The Labute approximate surface area is 166 Å². The lowest BCUT2D eigenvalue weighted by atomic mass is 10.1. The third-order valence-electron chi connectivity index (χ3n) is 4.76. The number of aromatic hydroxyl groups is 1. The number of nitrogens with zero attached hydrogens (tertiary/aromatic N) is 5. The highest BCUT2D eigenvalue weighted by Crippen LogP contribution is 2.35. The summed E-state index contributed by atoms with van der Waals surface area (Å²) >= 11 is 0. The van der Waals surface area contributed by atoms with Crippen molar-refractivity contribution in [2.45, 2.75) is 40.0 Å². The predicted octanol–water partition coefficient (Wildman–Crippen LogP) is 0.253. The fraction of sp³-hybridized carbons (Fsp3) is 0.333. The van der Waals surface area contributed by atoms with Crippen molar-refractivity contribution in [1.82, 2.24) is 25.0 Å². The van der Waals surface area contributed by atoms with Gasteiger partial charge in [-0.3, -0.25) is 9.48 Å². The second-order valence-corrected chi connectivity index (χ2v) is 6.74. The van der Waals surface area contributed by atoms with Crippen LogP contribution in [0.25, 0.3) is 11.6 Å². The van der Waals surface area contributed by atoms with Gasteiger partial charge >= 0.3 is 0 Å². The SMILES string of the molecule is CCn1nc(C)c(O)c1-c1nc(C2=NC(C(N)=O)N3C=C(C)NC=C23)c(CN)o1. The van der Waals surface area contributed by atoms with Crippen molar-refractivity contribution in [3.63, 3.8) is 0 Å². The Morgan fingerprint density at radius 3 is 2.83 bits per heavy atom. The van der Waals surface area contributed by atoms with Gasteiger partial charge in [0.15, 0.2) is 11.4 Å². The predicted molar refractivity (Wildman–Crippen MR) is 104 cm³/mol. The minimum absolute atomic E-state index is 0.00896. The molecule has 0 fully saturated rings. The number of primary amides is 1. The van der Waals surface area contributed by atoms with E-state index in [1.807, 2.05) is 13.8 Å². The van der Waals surface area contributed by atoms with Gasteiger partial charge in [-0.25, -0.2) is 9.98 Å². The first kappa shape index (κ1) is 18.7. The zero-order valence-corrected chi connectivity index (χ0v) is 16.3. The largest absolute Gasteiger partial charge is 0.504 e. The van der Waals surface area contributed by atoms with E-state index in [9.17, 15) is 9.90 Å². The molecular weight excluding hydrogens is 376 g/mol. The number of aliphatic imine (C=N–C) groups is 1. The highest BCUT2D eigenvalue weighted by molar-refractivity contribution is 6.14. The second kappa shape index (κ2) is 6.78. The van der Waals surface area contributed by atoms with Gasteiger partial charge in [-0.2, -0.15) is 5.10 Å². The lowest BCUT2D eigenvalue weighted by Crippen LogP contribution is -2.39. The average molecular weight is 398 g/mol. The molecule has 0 bridgehead atoms. The van der Waals surface area contributed by atoms with Crippen molar-refractivity contribution in [1.29, 1.82) is 0 Å². The summed E-state index contributed by atoms with van der Waals surface area (Å²) in [5, 5.41) is 17.8. The number of aromatic nitrogens is 3. The standard InChI is InChI=1S/C18H22N8O3/c1-4-26-14(15(27)9(3)24-26)18-23-13(11(5-19)29-18)12-10-6-21-8(2)7-25(10)17(22-12)16(20)28/h6-7,17,21,27H,4-5,19H2,1-3H3,(H2,20,28). The van der Waals surface area contributed by atoms with Crippen molar-refractivity contribution in [3.05, 3.63) is 40.9 Å². The van der Waals surface area contributed by atoms with Gasteiger partial charge < -0.3 is 31.2 Å². The molecule has 0 aliphatic carbocycles. The summed E-state index contributed by atoms with van der Waals surface area (Å²) in [5.74, 6) is -0.0531. The normalized spacial score (nSPS) is 18.1. The number of carbonyl (C=O) groups is 1. The van der Waals surface area contributed by atoms with Gasteiger partial charge in [-0.05, 0) is 20.8 Å². The number of fused-ring (bicyclic) bond motifs is 1. The summed E-state index contributed by atoms with van der Waals surface area (Å²) in [6.45, 7) is 6.02. The zero-order chi connectivity index (χ0) is 20.9. The van der Waals surface area contributed by atoms with Crippen molar-refractivity contribution in [2.24, 2.45) is 16.5 Å². The molecule has 11 heteroatoms. The molecule has 1 atom stereocenters. The molecule has 0 saturated carbocycles. The summed E-state index contributed by atoms with van der Waals surface area (Å²) in [5.41, 5.74) is 14.5. The van der Waals surface area contributed by atoms with Gasteiger partial charge in [-0.15, -0.1) is 0 Å². The number of hydrogen-bond donors (Lipinski definition) is 4. The van der Waals surface area contributed by atoms with Gasteiger partial charge in [0.1, 0.15) is 22.9 Å². The summed E-state index contributed by atoms with van der Waals surface area (Å²) in [6, 6.07) is 0. The molecular formula is C18H22N8O3. The monoisotopic (exact) mass is 398 g/mol. The van der Waals surface area contributed by atoms with E-state index in [1.54, 1.807) is 28.9 Å². The van der Waals surface area contributed by atoms with Crippen molar-refractivity contribution in [2.75, 3.05) is 0 Å². The van der Waals surface area contributed by atoms with E-state index in [1.165, 1.54) is 0 Å². The quantitative estimate of drug-likeness (QED) is 0.557. The first-order valence-corrected chi connectivity index (χ1v) is 9.13. The topological polar surface area (TPSA) is 161 Å². The first-order chi connectivity index (χ1) is 13.8. The van der Waals surface area contributed by atoms with Gasteiger partial charge in [0.2, 0.25) is 12.1 Å². The molecule has 4 heterocycles. The second-order valence-electron chi connectivity index (χ2n) is 6.74. The van der Waals surface area contributed by atoms with Crippen LogP contribution in [0, 0.1) is 6.92 Å². The third kappa shape index (κ3) is 2.86. The van der Waals surface area contributed by atoms with E-state index in [2.05, 4.69) is 20.4 Å². The zero-order valence-electron chi connectivity index (χ0n) is 16.3. The maximum absolute atomic E-state index is 11.9. The van der Waals surface area contributed by atoms with Crippen LogP contribution in [0.15, 0.2) is 33.2 Å². The van der Waals surface area contributed by atoms with Crippen LogP contribution in [-0.4, -0.2) is 42.6 Å². The van der Waals surface area contributed by atoms with Crippen LogP contribution in [0.4, 0.5) is 0 Å². The Bertz CT molecular complexity index is 1090. The molecule has 0 saturated heterocycles. The lowest BCUT2D eigenvalue weighted by molar-refractivity contribution is -0.121. The van der Waals surface area contributed by atoms with Crippen molar-refractivity contribution < 1.29 is 14.3 Å². The summed E-state index contributed by atoms with van der Waals surface area (Å²) in [6.07, 6.45) is 2.59. The molecule has 29 heavy (non-hydrogen) atoms. The molecule has 2 aromatic rings. The summed E-state index contributed by atoms with van der Waals surface area (Å²) in [7, 11) is 0. The molecule has 2 aliphatic heterocycles. The molecule has 6 N–H and O–H groups in total. The Kier molecular flexibility index (Phi) is 4.38. The van der Waals surface area contributed by atoms with Crippen LogP contribution in [-0.2, 0) is 17.9 Å². The van der Waals surface area contributed by atoms with Gasteiger partial charge in [-0.1, -0.05) is 0 Å². The molecule has 0 aromatic carbocycles. The Morgan fingerprint density at radius 2 is 2.17 bits per heavy atom. The van der Waals surface area contributed by atoms with E-state index >= 15 is 0 Å². The van der Waals surface area contributed by atoms with E-state index < -0.39 is 12.1 Å². The molecule has 2 aromatic heterocycles. The Hall–Kier alpha value is -3.60. The van der Waals surface area contributed by atoms with Gasteiger partial charge in [0, 0.05) is 24.6 Å². The smallest absolute Gasteiger partial charge is 0.263 e. The van der Waals surface area contributed by atoms with Crippen LogP contribution in [0.2, 0.25) is 0 Å². The number of oxazole rings is 1. The minimum Gasteiger partial charge on any atom is -0.504 e. The summed E-state index contributed by atoms with van der Waals surface area (Å²) < 4.78 is 7.46. The number of allylic oxidation sites excluding steroid dienone is 2. The van der Waals surface area contributed by atoms with E-state index in [4.69, 9.17) is 15.9 Å². The molecule has 1 amide bonds. The molecule has 0 radical (unpaired) electrons. The molecule has 4 rings (SSSR count). The van der Waals surface area contributed by atoms with Crippen molar-refractivity contribution in [3.8, 4) is 17.3 Å². The number of amides is 1. The summed E-state index contributed by atoms with van der Waals surface area (Å²) in [4.78, 5) is 22.6. The van der Waals surface area contributed by atoms with Crippen LogP contribution >= 0.6 is 0 Å². The maximum atomic E-state index is 11.9. The van der Waals surface area contributed by atoms with Crippen LogP contribution < -0.4 is 16.8 Å². The van der Waals surface area contributed by atoms with E-state index in [-0.39, 0.29) is 18.2 Å². The highest BCUT2D eigenvalue weighted by Gasteiger charge is 2.38. The molecule has 2 aliphatic rings. The lowest BCUT2D eigenvalue weighted by Gasteiger charge is -2.25. The fourth-order valence-electron chi connectivity index (χ4n) is 3.39. The molecule has 0 spiro atoms. The first-order valence-electron chi connectivity index (χ1n) is 9.13. The number of nitrogens with two attached hydrogens (primary N) is 2. The van der Waals surface area contributed by atoms with Crippen LogP contribution in [0.5, 0.6) is 5.75 Å². The number of rotatable bonds is 5. The number of aryl methyl sites for hydroxylation is 2. The average Bonchev–Trinajstić information content (AvgIpc) is 3.35. The third-order valence-corrected chi connectivity index (χ3v) is 4.76. The number of carbonyl (C=O) groups excluding carboxylic acids is 1. The van der Waals surface area contributed by atoms with Gasteiger partial charge in [0.25, 0.3) is 5.91 Å². The Balaban J connectivity index is 1.85. The molecule has 11 nitrogen and oxygen atoms in total. The number of hydrogen-bond acceptors (Lipinski definition) is 9. The van der Waals surface area contributed by atoms with E-state index in [0.717, 1.165) is 5.70 Å². The molecule has 1 unspecified atom stereocenters. The minimum atomic E-state index is -0.893. The van der Waals surface area contributed by atoms with Crippen molar-refractivity contribution >= 4 is 11.6 Å². The van der Waals surface area contributed by atoms with Crippen LogP contribution in [0.1, 0.15) is 31.0 Å². The van der Waals surface area contributed by atoms with E-state index in [0.29, 0.717) is 40.8 Å². The maximum Gasteiger partial charge on any atom is 0.263 e. The fourth-order valence-corrected chi connectivity index (χ4v) is 3.39. The highest BCUT2D eigenvalue weighted by atomic mass is 16.4. The Morgan fingerprint density at radius 1 is 1.41 bits per heavy atom.